The van der Waals surface area contributed by atoms with Gasteiger partial charge in [0, 0.05) is 13.5 Å². The summed E-state index contributed by atoms with van der Waals surface area (Å²) in [5, 5.41) is 0. The number of phosphoric acid groups is 1. The molecule has 0 aromatic heterocycles. The van der Waals surface area contributed by atoms with Crippen LogP contribution in [0.2, 0.25) is 0 Å². The summed E-state index contributed by atoms with van der Waals surface area (Å²) in [7, 11) is -2.62. The van der Waals surface area contributed by atoms with E-state index in [1.165, 1.54) is 0 Å². The van der Waals surface area contributed by atoms with Gasteiger partial charge in [0.25, 0.3) is 0 Å². The molecule has 0 saturated carbocycles. The number of hydrogen-bond acceptors (Lipinski definition) is 3. The Morgan fingerprint density at radius 1 is 1.36 bits per heavy atom. The van der Waals surface area contributed by atoms with Crippen LogP contribution in [0.5, 0.6) is 0 Å². The van der Waals surface area contributed by atoms with Gasteiger partial charge in [-0.05, 0) is 12.8 Å². The van der Waals surface area contributed by atoms with Crippen molar-refractivity contribution in [3.05, 3.63) is 0 Å². The van der Waals surface area contributed by atoms with E-state index >= 15 is 0 Å². The van der Waals surface area contributed by atoms with Crippen molar-refractivity contribution in [1.29, 1.82) is 0 Å². The molecule has 1 N–H and O–H groups in total. The summed E-state index contributed by atoms with van der Waals surface area (Å²) < 4.78 is 19.7. The summed E-state index contributed by atoms with van der Waals surface area (Å²) in [6, 6.07) is 0. The number of unbranched alkanes of at least 4 members (excludes halogenated alkanes) is 4. The Morgan fingerprint density at radius 3 is 2.57 bits per heavy atom. The Labute approximate surface area is 85.2 Å². The van der Waals surface area contributed by atoms with Gasteiger partial charge in [0.2, 0.25) is 0 Å². The fraction of sp³-hybridized carbons (Fsp3) is 0.778. The van der Waals surface area contributed by atoms with Gasteiger partial charge < -0.3 is 4.89 Å². The molecule has 0 aromatic rings. The van der Waals surface area contributed by atoms with Crippen molar-refractivity contribution in [2.75, 3.05) is 13.7 Å². The minimum atomic E-state index is -3.77. The summed E-state index contributed by atoms with van der Waals surface area (Å²) in [5.41, 5.74) is 0. The summed E-state index contributed by atoms with van der Waals surface area (Å²) in [4.78, 5) is 8.85. The monoisotopic (exact) mass is 220 g/mol. The third kappa shape index (κ3) is 8.28. The highest BCUT2D eigenvalue weighted by atomic mass is 31.2. The highest BCUT2D eigenvalue weighted by molar-refractivity contribution is 7.47. The van der Waals surface area contributed by atoms with Crippen molar-refractivity contribution in [1.82, 2.24) is 0 Å². The number of terminal acetylenes is 1. The van der Waals surface area contributed by atoms with Gasteiger partial charge >= 0.3 is 7.82 Å². The first kappa shape index (κ1) is 13.7. The largest absolute Gasteiger partial charge is 0.471 e. The van der Waals surface area contributed by atoms with Crippen LogP contribution >= 0.6 is 7.82 Å². The van der Waals surface area contributed by atoms with E-state index in [0.717, 1.165) is 39.2 Å². The molecule has 0 amide bonds. The molecule has 0 heterocycles. The van der Waals surface area contributed by atoms with Gasteiger partial charge in [0.05, 0.1) is 6.61 Å². The second-order valence-corrected chi connectivity index (χ2v) is 4.41. The van der Waals surface area contributed by atoms with Gasteiger partial charge in [0.1, 0.15) is 0 Å². The zero-order valence-electron chi connectivity index (χ0n) is 8.44. The first-order valence-electron chi connectivity index (χ1n) is 4.59. The summed E-state index contributed by atoms with van der Waals surface area (Å²) in [6.45, 7) is 0.248. The molecule has 1 atom stereocenters. The molecular weight excluding hydrogens is 203 g/mol. The Balaban J connectivity index is 3.22. The van der Waals surface area contributed by atoms with E-state index in [9.17, 15) is 4.57 Å². The third-order valence-corrected chi connectivity index (χ3v) is 2.67. The lowest BCUT2D eigenvalue weighted by Crippen LogP contribution is -1.94. The predicted octanol–water partition coefficient (Wildman–Crippen LogP) is 2.33. The first-order chi connectivity index (χ1) is 6.62. The minimum absolute atomic E-state index is 0.248. The molecule has 1 unspecified atom stereocenters. The molecule has 14 heavy (non-hydrogen) atoms. The Kier molecular flexibility index (Phi) is 7.83. The SMILES string of the molecule is C#CCCCCCCOP(=O)(O)OC. The highest BCUT2D eigenvalue weighted by Crippen LogP contribution is 2.41. The second-order valence-electron chi connectivity index (χ2n) is 2.85. The maximum atomic E-state index is 10.8. The molecule has 0 saturated heterocycles. The molecule has 0 aromatic carbocycles. The molecule has 0 fully saturated rings. The molecule has 0 aliphatic heterocycles. The predicted molar refractivity (Wildman–Crippen MR) is 54.7 cm³/mol. The van der Waals surface area contributed by atoms with Crippen LogP contribution in [0.3, 0.4) is 0 Å². The van der Waals surface area contributed by atoms with Gasteiger partial charge in [-0.25, -0.2) is 4.57 Å². The van der Waals surface area contributed by atoms with Crippen LogP contribution in [-0.2, 0) is 13.6 Å². The molecule has 0 spiro atoms. The fourth-order valence-corrected chi connectivity index (χ4v) is 1.38. The lowest BCUT2D eigenvalue weighted by Gasteiger charge is -2.08. The Bertz CT molecular complexity index is 221. The van der Waals surface area contributed by atoms with Crippen molar-refractivity contribution >= 4 is 7.82 Å². The van der Waals surface area contributed by atoms with Crippen LogP contribution in [0.1, 0.15) is 32.1 Å². The number of phosphoric ester groups is 1. The lowest BCUT2D eigenvalue weighted by atomic mass is 10.1. The number of hydrogen-bond donors (Lipinski definition) is 1. The van der Waals surface area contributed by atoms with Crippen LogP contribution in [0, 0.1) is 12.3 Å². The van der Waals surface area contributed by atoms with Crippen molar-refractivity contribution in [2.45, 2.75) is 32.1 Å². The molecule has 0 aliphatic rings. The zero-order chi connectivity index (χ0) is 10.9. The third-order valence-electron chi connectivity index (χ3n) is 1.70. The van der Waals surface area contributed by atoms with E-state index in [0.29, 0.717) is 0 Å². The molecule has 0 aliphatic carbocycles. The first-order valence-corrected chi connectivity index (χ1v) is 6.08. The van der Waals surface area contributed by atoms with E-state index in [-0.39, 0.29) is 6.61 Å². The van der Waals surface area contributed by atoms with E-state index in [1.54, 1.807) is 0 Å². The summed E-state index contributed by atoms with van der Waals surface area (Å²) in [5.74, 6) is 2.56. The van der Waals surface area contributed by atoms with Gasteiger partial charge in [0.15, 0.2) is 0 Å². The van der Waals surface area contributed by atoms with Crippen molar-refractivity contribution in [3.63, 3.8) is 0 Å². The van der Waals surface area contributed by atoms with Crippen LogP contribution < -0.4 is 0 Å². The lowest BCUT2D eigenvalue weighted by molar-refractivity contribution is 0.170. The maximum Gasteiger partial charge on any atom is 0.471 e. The standard InChI is InChI=1S/C9H17O4P/c1-3-4-5-6-7-8-9-13-14(10,11)12-2/h1H,4-9H2,2H3,(H,10,11). The molecule has 0 radical (unpaired) electrons. The highest BCUT2D eigenvalue weighted by Gasteiger charge is 2.16. The van der Waals surface area contributed by atoms with Crippen LogP contribution in [0.15, 0.2) is 0 Å². The summed E-state index contributed by atoms with van der Waals surface area (Å²) in [6.07, 6.45) is 9.59. The zero-order valence-corrected chi connectivity index (χ0v) is 9.33. The van der Waals surface area contributed by atoms with Gasteiger partial charge in [-0.3, -0.25) is 9.05 Å². The molecule has 5 heteroatoms. The molecule has 0 bridgehead atoms. The van der Waals surface area contributed by atoms with E-state index < -0.39 is 7.82 Å². The Hall–Kier alpha value is -0.330. The quantitative estimate of drug-likeness (QED) is 0.387. The van der Waals surface area contributed by atoms with Crippen LogP contribution in [-0.4, -0.2) is 18.6 Å². The average molecular weight is 220 g/mol. The fourth-order valence-electron chi connectivity index (χ4n) is 0.915. The normalized spacial score (nSPS) is 14.6. The maximum absolute atomic E-state index is 10.8. The second kappa shape index (κ2) is 8.02. The Morgan fingerprint density at radius 2 is 2.00 bits per heavy atom. The van der Waals surface area contributed by atoms with Gasteiger partial charge in [-0.2, -0.15) is 0 Å². The van der Waals surface area contributed by atoms with Crippen molar-refractivity contribution in [2.24, 2.45) is 0 Å². The van der Waals surface area contributed by atoms with E-state index in [4.69, 9.17) is 11.3 Å². The summed E-state index contributed by atoms with van der Waals surface area (Å²) >= 11 is 0. The molecule has 4 nitrogen and oxygen atoms in total. The smallest absolute Gasteiger partial charge is 0.303 e. The molecule has 82 valence electrons. The topological polar surface area (TPSA) is 55.8 Å². The van der Waals surface area contributed by atoms with Crippen LogP contribution in [0.4, 0.5) is 0 Å². The minimum Gasteiger partial charge on any atom is -0.303 e. The average Bonchev–Trinajstić information content (AvgIpc) is 2.16. The van der Waals surface area contributed by atoms with E-state index in [2.05, 4.69) is 15.0 Å². The van der Waals surface area contributed by atoms with Crippen molar-refractivity contribution in [3.8, 4) is 12.3 Å². The number of rotatable bonds is 8. The van der Waals surface area contributed by atoms with Gasteiger partial charge in [-0.1, -0.05) is 12.8 Å². The van der Waals surface area contributed by atoms with Crippen molar-refractivity contribution < 1.29 is 18.5 Å². The molecular formula is C9H17O4P. The molecule has 0 rings (SSSR count). The van der Waals surface area contributed by atoms with Crippen LogP contribution in [0.25, 0.3) is 0 Å². The van der Waals surface area contributed by atoms with Gasteiger partial charge in [-0.15, -0.1) is 12.3 Å². The van der Waals surface area contributed by atoms with E-state index in [1.807, 2.05) is 0 Å².